The van der Waals surface area contributed by atoms with Gasteiger partial charge in [0.2, 0.25) is 0 Å². The molecular formula is C19H20N2O6. The number of rotatable bonds is 6. The van der Waals surface area contributed by atoms with Crippen LogP contribution in [0.15, 0.2) is 42.5 Å². The number of carbonyl (C=O) groups excluding carboxylic acids is 2. The summed E-state index contributed by atoms with van der Waals surface area (Å²) in [6.45, 7) is 3.91. The molecule has 8 heteroatoms. The van der Waals surface area contributed by atoms with E-state index in [1.165, 1.54) is 27.0 Å². The second kappa shape index (κ2) is 7.53. The van der Waals surface area contributed by atoms with Crippen LogP contribution in [0.1, 0.15) is 19.4 Å². The van der Waals surface area contributed by atoms with Gasteiger partial charge in [-0.3, -0.25) is 0 Å². The van der Waals surface area contributed by atoms with Crippen molar-refractivity contribution in [1.29, 1.82) is 0 Å². The molecule has 1 aliphatic heterocycles. The van der Waals surface area contributed by atoms with Crippen LogP contribution in [-0.2, 0) is 25.6 Å². The third-order valence-electron chi connectivity index (χ3n) is 3.80. The van der Waals surface area contributed by atoms with Gasteiger partial charge in [-0.2, -0.15) is 0 Å². The summed E-state index contributed by atoms with van der Waals surface area (Å²) in [6.07, 6.45) is 6.57. The lowest BCUT2D eigenvalue weighted by Gasteiger charge is -2.29. The number of aromatic nitrogens is 2. The Bertz CT molecular complexity index is 848. The second-order valence-electron chi connectivity index (χ2n) is 6.26. The number of cyclic esters (lactones) is 2. The Kier molecular flexibility index (Phi) is 5.16. The maximum atomic E-state index is 12.2. The van der Waals surface area contributed by atoms with Crippen molar-refractivity contribution in [1.82, 2.24) is 9.55 Å². The molecule has 142 valence electrons. The van der Waals surface area contributed by atoms with Gasteiger partial charge in [-0.15, -0.1) is 0 Å². The number of esters is 2. The Hall–Kier alpha value is -3.29. The molecule has 0 aliphatic carbocycles. The van der Waals surface area contributed by atoms with Crippen LogP contribution >= 0.6 is 0 Å². The molecule has 2 aromatic rings. The summed E-state index contributed by atoms with van der Waals surface area (Å²) in [4.78, 5) is 28.3. The van der Waals surface area contributed by atoms with Crippen molar-refractivity contribution in [2.75, 3.05) is 13.7 Å². The summed E-state index contributed by atoms with van der Waals surface area (Å²) in [6, 6.07) is 5.18. The molecule has 2 heterocycles. The zero-order valence-electron chi connectivity index (χ0n) is 15.3. The van der Waals surface area contributed by atoms with E-state index in [2.05, 4.69) is 4.98 Å². The van der Waals surface area contributed by atoms with E-state index in [9.17, 15) is 9.59 Å². The van der Waals surface area contributed by atoms with E-state index in [0.29, 0.717) is 30.2 Å². The first-order chi connectivity index (χ1) is 12.9. The summed E-state index contributed by atoms with van der Waals surface area (Å²) in [5.41, 5.74) is 0.297. The number of ether oxygens (including phenoxy) is 4. The minimum atomic E-state index is -1.29. The van der Waals surface area contributed by atoms with E-state index in [-0.39, 0.29) is 5.57 Å². The average molecular weight is 372 g/mol. The number of para-hydroxylation sites is 1. The van der Waals surface area contributed by atoms with Crippen molar-refractivity contribution in [2.45, 2.75) is 26.2 Å². The van der Waals surface area contributed by atoms with E-state index in [0.717, 1.165) is 0 Å². The van der Waals surface area contributed by atoms with Gasteiger partial charge in [0.15, 0.2) is 11.5 Å². The third-order valence-corrected chi connectivity index (χ3v) is 3.80. The van der Waals surface area contributed by atoms with Crippen molar-refractivity contribution < 1.29 is 28.5 Å². The van der Waals surface area contributed by atoms with E-state index < -0.39 is 17.7 Å². The van der Waals surface area contributed by atoms with Gasteiger partial charge >= 0.3 is 11.9 Å². The fourth-order valence-corrected chi connectivity index (χ4v) is 2.57. The molecule has 0 saturated carbocycles. The van der Waals surface area contributed by atoms with Gasteiger partial charge < -0.3 is 23.5 Å². The third kappa shape index (κ3) is 4.28. The van der Waals surface area contributed by atoms with Crippen LogP contribution in [0.25, 0.3) is 6.08 Å². The Morgan fingerprint density at radius 1 is 1.22 bits per heavy atom. The van der Waals surface area contributed by atoms with E-state index in [1.807, 2.05) is 10.8 Å². The molecule has 0 atom stereocenters. The first kappa shape index (κ1) is 18.5. The van der Waals surface area contributed by atoms with Gasteiger partial charge in [-0.25, -0.2) is 14.6 Å². The van der Waals surface area contributed by atoms with E-state index in [1.54, 1.807) is 30.7 Å². The molecule has 0 spiro atoms. The minimum Gasteiger partial charge on any atom is -0.493 e. The molecule has 8 nitrogen and oxygen atoms in total. The van der Waals surface area contributed by atoms with Crippen LogP contribution in [0.4, 0.5) is 0 Å². The summed E-state index contributed by atoms with van der Waals surface area (Å²) < 4.78 is 23.3. The van der Waals surface area contributed by atoms with Crippen LogP contribution < -0.4 is 9.47 Å². The number of benzene rings is 1. The average Bonchev–Trinajstić information content (AvgIpc) is 3.11. The lowest BCUT2D eigenvalue weighted by Crippen LogP contribution is -2.41. The maximum absolute atomic E-state index is 12.2. The van der Waals surface area contributed by atoms with Crippen LogP contribution in [0.5, 0.6) is 11.5 Å². The lowest BCUT2D eigenvalue weighted by molar-refractivity contribution is -0.222. The highest BCUT2D eigenvalue weighted by Gasteiger charge is 2.39. The predicted octanol–water partition coefficient (Wildman–Crippen LogP) is 2.19. The van der Waals surface area contributed by atoms with Crippen molar-refractivity contribution in [3.8, 4) is 11.5 Å². The molecule has 27 heavy (non-hydrogen) atoms. The van der Waals surface area contributed by atoms with Gasteiger partial charge in [-0.05, 0) is 12.1 Å². The van der Waals surface area contributed by atoms with Gasteiger partial charge in [0.1, 0.15) is 12.2 Å². The highest BCUT2D eigenvalue weighted by atomic mass is 16.7. The Morgan fingerprint density at radius 3 is 2.59 bits per heavy atom. The molecule has 0 N–H and O–H groups in total. The summed E-state index contributed by atoms with van der Waals surface area (Å²) in [7, 11) is 1.51. The summed E-state index contributed by atoms with van der Waals surface area (Å²) >= 11 is 0. The Balaban J connectivity index is 1.86. The fourth-order valence-electron chi connectivity index (χ4n) is 2.57. The minimum absolute atomic E-state index is 0.206. The molecule has 0 bridgehead atoms. The standard InChI is InChI=1S/C19H20N2O6/c1-19(2)26-17(22)14(18(23)27-19)11-13-5-4-6-15(24-3)16(13)25-10-9-21-8-7-20-12-21/h4-8,11-12H,9-10H2,1-3H3. The highest BCUT2D eigenvalue weighted by molar-refractivity contribution is 6.19. The number of methoxy groups -OCH3 is 1. The SMILES string of the molecule is COc1cccc(C=C2C(=O)OC(C)(C)OC2=O)c1OCCn1ccnc1. The van der Waals surface area contributed by atoms with E-state index in [4.69, 9.17) is 18.9 Å². The number of hydrogen-bond acceptors (Lipinski definition) is 7. The predicted molar refractivity (Wildman–Crippen MR) is 95.0 cm³/mol. The quantitative estimate of drug-likeness (QED) is 0.436. The highest BCUT2D eigenvalue weighted by Crippen LogP contribution is 2.34. The second-order valence-corrected chi connectivity index (χ2v) is 6.26. The first-order valence-electron chi connectivity index (χ1n) is 8.33. The Morgan fingerprint density at radius 2 is 1.96 bits per heavy atom. The number of carbonyl (C=O) groups is 2. The van der Waals surface area contributed by atoms with Gasteiger partial charge in [0, 0.05) is 31.8 Å². The molecule has 0 unspecified atom stereocenters. The van der Waals surface area contributed by atoms with E-state index >= 15 is 0 Å². The van der Waals surface area contributed by atoms with Crippen LogP contribution in [0, 0.1) is 0 Å². The van der Waals surface area contributed by atoms with Crippen molar-refractivity contribution in [2.24, 2.45) is 0 Å². The Labute approximate surface area is 156 Å². The molecule has 1 aromatic carbocycles. The monoisotopic (exact) mass is 372 g/mol. The topological polar surface area (TPSA) is 88.9 Å². The molecule has 3 rings (SSSR count). The van der Waals surface area contributed by atoms with Crippen molar-refractivity contribution in [3.05, 3.63) is 48.1 Å². The largest absolute Gasteiger partial charge is 0.493 e. The number of imidazole rings is 1. The fraction of sp³-hybridized carbons (Fsp3) is 0.316. The van der Waals surface area contributed by atoms with Gasteiger partial charge in [0.05, 0.1) is 20.0 Å². The zero-order valence-corrected chi connectivity index (χ0v) is 15.3. The summed E-state index contributed by atoms with van der Waals surface area (Å²) in [5.74, 6) is -1.89. The van der Waals surface area contributed by atoms with Crippen LogP contribution in [-0.4, -0.2) is 41.0 Å². The van der Waals surface area contributed by atoms with Gasteiger partial charge in [-0.1, -0.05) is 12.1 Å². The molecule has 1 saturated heterocycles. The normalized spacial score (nSPS) is 15.7. The van der Waals surface area contributed by atoms with Crippen LogP contribution in [0.3, 0.4) is 0 Å². The molecule has 1 aromatic heterocycles. The maximum Gasteiger partial charge on any atom is 0.348 e. The van der Waals surface area contributed by atoms with Crippen LogP contribution in [0.2, 0.25) is 0 Å². The number of nitrogens with zero attached hydrogens (tertiary/aromatic N) is 2. The molecule has 0 radical (unpaired) electrons. The molecule has 1 fully saturated rings. The lowest BCUT2D eigenvalue weighted by atomic mass is 10.1. The molecule has 0 amide bonds. The first-order valence-corrected chi connectivity index (χ1v) is 8.33. The molecule has 1 aliphatic rings. The van der Waals surface area contributed by atoms with Crippen molar-refractivity contribution in [3.63, 3.8) is 0 Å². The van der Waals surface area contributed by atoms with Gasteiger partial charge in [0.25, 0.3) is 5.79 Å². The smallest absolute Gasteiger partial charge is 0.348 e. The number of hydrogen-bond donors (Lipinski definition) is 0. The molecular weight excluding hydrogens is 352 g/mol. The van der Waals surface area contributed by atoms with Crippen molar-refractivity contribution >= 4 is 18.0 Å². The summed E-state index contributed by atoms with van der Waals surface area (Å²) in [5, 5.41) is 0. The zero-order chi connectivity index (χ0) is 19.4.